The summed E-state index contributed by atoms with van der Waals surface area (Å²) in [7, 11) is 1.44. The van der Waals surface area contributed by atoms with Crippen LogP contribution in [0, 0.1) is 17.1 Å². The van der Waals surface area contributed by atoms with Crippen molar-refractivity contribution in [2.24, 2.45) is 7.05 Å². The molecule has 0 bridgehead atoms. The second-order valence-electron chi connectivity index (χ2n) is 5.51. The van der Waals surface area contributed by atoms with E-state index in [4.69, 9.17) is 10.4 Å². The highest BCUT2D eigenvalue weighted by Crippen LogP contribution is 2.18. The Balaban J connectivity index is 2.89. The zero-order chi connectivity index (χ0) is 18.2. The summed E-state index contributed by atoms with van der Waals surface area (Å²) < 4.78 is 16.0. The number of nitriles is 1. The van der Waals surface area contributed by atoms with E-state index in [1.54, 1.807) is 19.9 Å². The molecule has 124 valence electrons. The van der Waals surface area contributed by atoms with Crippen LogP contribution < -0.4 is 11.2 Å². The minimum atomic E-state index is -1.46. The number of nitrogens with zero attached hydrogens (tertiary/aromatic N) is 3. The lowest BCUT2D eigenvalue weighted by Gasteiger charge is -2.15. The van der Waals surface area contributed by atoms with Gasteiger partial charge in [0.05, 0.1) is 16.8 Å². The maximum absolute atomic E-state index is 14.3. The van der Waals surface area contributed by atoms with Crippen molar-refractivity contribution in [1.82, 2.24) is 9.13 Å². The molecule has 8 heteroatoms. The first-order chi connectivity index (χ1) is 11.2. The highest BCUT2D eigenvalue weighted by molar-refractivity contribution is 5.91. The van der Waals surface area contributed by atoms with Gasteiger partial charge in [-0.3, -0.25) is 4.79 Å². The van der Waals surface area contributed by atoms with Gasteiger partial charge in [-0.2, -0.15) is 5.26 Å². The van der Waals surface area contributed by atoms with Crippen LogP contribution in [0.15, 0.2) is 27.8 Å². The zero-order valence-corrected chi connectivity index (χ0v) is 13.2. The van der Waals surface area contributed by atoms with Gasteiger partial charge in [0.15, 0.2) is 0 Å². The Morgan fingerprint density at radius 2 is 1.92 bits per heavy atom. The molecule has 1 N–H and O–H groups in total. The molecule has 0 spiro atoms. The summed E-state index contributed by atoms with van der Waals surface area (Å²) in [6.45, 7) is 3.59. The van der Waals surface area contributed by atoms with Gasteiger partial charge in [-0.1, -0.05) is 13.8 Å². The number of aromatic nitrogens is 2. The van der Waals surface area contributed by atoms with Crippen molar-refractivity contribution < 1.29 is 14.3 Å². The molecule has 2 rings (SSSR count). The number of carboxylic acids is 1. The minimum Gasteiger partial charge on any atom is -0.478 e. The standard InChI is InChI=1S/C16H14FN3O4/c1-8(2)12-6-14(21)20(16(24)19(12)3)13-5-10(15(22)23)9(7-18)4-11(13)17/h4-6,8H,1-3H3,(H,22,23). The molecule has 24 heavy (non-hydrogen) atoms. The van der Waals surface area contributed by atoms with Crippen LogP contribution in [0.1, 0.15) is 41.4 Å². The summed E-state index contributed by atoms with van der Waals surface area (Å²) in [4.78, 5) is 35.9. The van der Waals surface area contributed by atoms with E-state index in [-0.39, 0.29) is 5.92 Å². The van der Waals surface area contributed by atoms with Crippen LogP contribution in [0.3, 0.4) is 0 Å². The number of hydrogen-bond acceptors (Lipinski definition) is 4. The Morgan fingerprint density at radius 3 is 2.42 bits per heavy atom. The fraction of sp³-hybridized carbons (Fsp3) is 0.250. The molecule has 0 saturated carbocycles. The molecule has 0 aliphatic carbocycles. The van der Waals surface area contributed by atoms with E-state index >= 15 is 0 Å². The van der Waals surface area contributed by atoms with Crippen molar-refractivity contribution in [3.8, 4) is 11.8 Å². The smallest absolute Gasteiger partial charge is 0.337 e. The first-order valence-electron chi connectivity index (χ1n) is 6.99. The molecule has 0 fully saturated rings. The third-order valence-corrected chi connectivity index (χ3v) is 3.63. The first kappa shape index (κ1) is 17.1. The molecule has 0 aliphatic heterocycles. The van der Waals surface area contributed by atoms with Crippen LogP contribution in [-0.2, 0) is 7.05 Å². The third-order valence-electron chi connectivity index (χ3n) is 3.63. The molecular weight excluding hydrogens is 317 g/mol. The molecule has 1 heterocycles. The summed E-state index contributed by atoms with van der Waals surface area (Å²) >= 11 is 0. The topological polar surface area (TPSA) is 105 Å². The summed E-state index contributed by atoms with van der Waals surface area (Å²) in [6.07, 6.45) is 0. The van der Waals surface area contributed by atoms with Crippen LogP contribution in [0.5, 0.6) is 0 Å². The number of hydrogen-bond donors (Lipinski definition) is 1. The highest BCUT2D eigenvalue weighted by Gasteiger charge is 2.20. The number of rotatable bonds is 3. The van der Waals surface area contributed by atoms with Gasteiger partial charge >= 0.3 is 11.7 Å². The van der Waals surface area contributed by atoms with Crippen LogP contribution in [0.2, 0.25) is 0 Å². The predicted molar refractivity (Wildman–Crippen MR) is 83.0 cm³/mol. The predicted octanol–water partition coefficient (Wildman–Crippen LogP) is 1.37. The second kappa shape index (κ2) is 6.12. The Kier molecular flexibility index (Phi) is 4.37. The van der Waals surface area contributed by atoms with Crippen molar-refractivity contribution >= 4 is 5.97 Å². The van der Waals surface area contributed by atoms with Gasteiger partial charge in [-0.25, -0.2) is 18.5 Å². The van der Waals surface area contributed by atoms with Crippen LogP contribution in [-0.4, -0.2) is 20.2 Å². The molecule has 0 saturated heterocycles. The molecule has 0 aliphatic rings. The molecular formula is C16H14FN3O4. The van der Waals surface area contributed by atoms with Gasteiger partial charge in [0.2, 0.25) is 0 Å². The van der Waals surface area contributed by atoms with Crippen LogP contribution in [0.25, 0.3) is 5.69 Å². The maximum Gasteiger partial charge on any atom is 0.337 e. The van der Waals surface area contributed by atoms with E-state index in [0.29, 0.717) is 16.3 Å². The normalized spacial score (nSPS) is 10.7. The monoisotopic (exact) mass is 331 g/mol. The zero-order valence-electron chi connectivity index (χ0n) is 13.2. The van der Waals surface area contributed by atoms with E-state index in [1.165, 1.54) is 17.7 Å². The number of aromatic carboxylic acids is 1. The Bertz CT molecular complexity index is 996. The molecule has 0 unspecified atom stereocenters. The van der Waals surface area contributed by atoms with Crippen molar-refractivity contribution in [3.63, 3.8) is 0 Å². The quantitative estimate of drug-likeness (QED) is 0.914. The Labute approximate surface area is 135 Å². The molecule has 0 radical (unpaired) electrons. The van der Waals surface area contributed by atoms with Crippen molar-refractivity contribution in [2.45, 2.75) is 19.8 Å². The van der Waals surface area contributed by atoms with Crippen LogP contribution in [0.4, 0.5) is 4.39 Å². The van der Waals surface area contributed by atoms with E-state index in [2.05, 4.69) is 0 Å². The van der Waals surface area contributed by atoms with Crippen molar-refractivity contribution in [1.29, 1.82) is 5.26 Å². The van der Waals surface area contributed by atoms with E-state index in [9.17, 15) is 18.8 Å². The number of carboxylic acid groups (broad SMARTS) is 1. The fourth-order valence-corrected chi connectivity index (χ4v) is 2.42. The molecule has 1 aromatic carbocycles. The van der Waals surface area contributed by atoms with Crippen molar-refractivity contribution in [2.75, 3.05) is 0 Å². The van der Waals surface area contributed by atoms with Gasteiger partial charge in [-0.15, -0.1) is 0 Å². The molecule has 7 nitrogen and oxygen atoms in total. The van der Waals surface area contributed by atoms with Gasteiger partial charge < -0.3 is 9.67 Å². The average Bonchev–Trinajstić information content (AvgIpc) is 2.51. The molecule has 2 aromatic rings. The van der Waals surface area contributed by atoms with Crippen LogP contribution >= 0.6 is 0 Å². The van der Waals surface area contributed by atoms with Gasteiger partial charge in [-0.05, 0) is 18.1 Å². The number of benzene rings is 1. The highest BCUT2D eigenvalue weighted by atomic mass is 19.1. The molecule has 0 amide bonds. The van der Waals surface area contributed by atoms with E-state index < -0.39 is 39.8 Å². The van der Waals surface area contributed by atoms with Gasteiger partial charge in [0.1, 0.15) is 11.9 Å². The van der Waals surface area contributed by atoms with E-state index in [1.807, 2.05) is 0 Å². The number of halogens is 1. The summed E-state index contributed by atoms with van der Waals surface area (Å²) in [5.41, 5.74) is -2.50. The molecule has 0 atom stereocenters. The number of carbonyl (C=O) groups is 1. The third kappa shape index (κ3) is 2.72. The van der Waals surface area contributed by atoms with Gasteiger partial charge in [0.25, 0.3) is 5.56 Å². The summed E-state index contributed by atoms with van der Waals surface area (Å²) in [5, 5.41) is 18.0. The lowest BCUT2D eigenvalue weighted by molar-refractivity contribution is 0.0696. The average molecular weight is 331 g/mol. The Hall–Kier alpha value is -3.21. The Morgan fingerprint density at radius 1 is 1.29 bits per heavy atom. The minimum absolute atomic E-state index is 0.106. The van der Waals surface area contributed by atoms with E-state index in [0.717, 1.165) is 6.07 Å². The maximum atomic E-state index is 14.3. The first-order valence-corrected chi connectivity index (χ1v) is 6.99. The largest absolute Gasteiger partial charge is 0.478 e. The fourth-order valence-electron chi connectivity index (χ4n) is 2.42. The summed E-state index contributed by atoms with van der Waals surface area (Å²) in [5.74, 6) is -2.60. The molecule has 1 aromatic heterocycles. The van der Waals surface area contributed by atoms with Gasteiger partial charge in [0, 0.05) is 18.8 Å². The lowest BCUT2D eigenvalue weighted by Crippen LogP contribution is -2.39. The SMILES string of the molecule is CC(C)c1cc(=O)n(-c2cc(C(=O)O)c(C#N)cc2F)c(=O)n1C. The second-order valence-corrected chi connectivity index (χ2v) is 5.51. The van der Waals surface area contributed by atoms with Crippen molar-refractivity contribution in [3.05, 3.63) is 61.7 Å². The summed E-state index contributed by atoms with van der Waals surface area (Å²) in [6, 6.07) is 4.28. The lowest BCUT2D eigenvalue weighted by atomic mass is 10.1.